The predicted molar refractivity (Wildman–Crippen MR) is 44.1 cm³/mol. The van der Waals surface area contributed by atoms with E-state index in [0.717, 1.165) is 5.69 Å². The van der Waals surface area contributed by atoms with Gasteiger partial charge in [0.2, 0.25) is 0 Å². The van der Waals surface area contributed by atoms with Gasteiger partial charge in [0.15, 0.2) is 0 Å². The largest absolute Gasteiger partial charge is 0.333 e. The number of hydrogen-bond donors (Lipinski definition) is 1. The zero-order chi connectivity index (χ0) is 7.98. The molecule has 0 aromatic carbocycles. The monoisotopic (exact) mass is 158 g/mol. The van der Waals surface area contributed by atoms with E-state index >= 15 is 0 Å². The maximum atomic E-state index is 5.55. The highest BCUT2D eigenvalue weighted by Gasteiger charge is 1.83. The smallest absolute Gasteiger partial charge is 0.0589 e. The van der Waals surface area contributed by atoms with Gasteiger partial charge >= 0.3 is 0 Å². The van der Waals surface area contributed by atoms with Gasteiger partial charge in [0.1, 0.15) is 0 Å². The zero-order valence-electron chi connectivity index (χ0n) is 6.13. The van der Waals surface area contributed by atoms with Crippen LogP contribution in [0.4, 0.5) is 0 Å². The highest BCUT2D eigenvalue weighted by atomic mass is 35.5. The summed E-state index contributed by atoms with van der Waals surface area (Å²) < 4.78 is 0. The molecule has 0 bridgehead atoms. The SMILES string of the molecule is CN.Cc1ccc(Cl)cn1. The molecule has 0 amide bonds. The highest BCUT2D eigenvalue weighted by molar-refractivity contribution is 6.30. The standard InChI is InChI=1S/C6H6ClN.CH5N/c1-5-2-3-6(7)4-8-5;1-2/h2-4H,1H3;2H2,1H3. The van der Waals surface area contributed by atoms with Crippen molar-refractivity contribution in [1.29, 1.82) is 0 Å². The molecule has 0 spiro atoms. The van der Waals surface area contributed by atoms with Gasteiger partial charge in [0, 0.05) is 11.9 Å². The average molecular weight is 159 g/mol. The van der Waals surface area contributed by atoms with E-state index in [1.165, 1.54) is 7.05 Å². The molecule has 0 unspecified atom stereocenters. The zero-order valence-corrected chi connectivity index (χ0v) is 6.89. The van der Waals surface area contributed by atoms with Gasteiger partial charge in [-0.05, 0) is 26.1 Å². The first-order valence-electron chi connectivity index (χ1n) is 2.95. The molecule has 0 aliphatic rings. The first-order chi connectivity index (χ1) is 4.79. The fourth-order valence-corrected chi connectivity index (χ4v) is 0.562. The van der Waals surface area contributed by atoms with Gasteiger partial charge in [0.25, 0.3) is 0 Å². The van der Waals surface area contributed by atoms with Crippen LogP contribution >= 0.6 is 11.6 Å². The van der Waals surface area contributed by atoms with E-state index in [0.29, 0.717) is 5.02 Å². The second-order valence-corrected chi connectivity index (χ2v) is 2.05. The molecular formula is C7H11ClN2. The van der Waals surface area contributed by atoms with E-state index in [1.807, 2.05) is 19.1 Å². The van der Waals surface area contributed by atoms with E-state index in [1.54, 1.807) is 6.20 Å². The summed E-state index contributed by atoms with van der Waals surface area (Å²) in [6, 6.07) is 3.70. The third kappa shape index (κ3) is 3.43. The van der Waals surface area contributed by atoms with Crippen molar-refractivity contribution in [3.05, 3.63) is 29.0 Å². The third-order valence-corrected chi connectivity index (χ3v) is 1.10. The van der Waals surface area contributed by atoms with Gasteiger partial charge in [0.05, 0.1) is 5.02 Å². The first-order valence-corrected chi connectivity index (χ1v) is 3.33. The van der Waals surface area contributed by atoms with Crippen LogP contribution in [0.1, 0.15) is 5.69 Å². The third-order valence-electron chi connectivity index (χ3n) is 0.875. The van der Waals surface area contributed by atoms with Crippen LogP contribution in [0.2, 0.25) is 5.02 Å². The summed E-state index contributed by atoms with van der Waals surface area (Å²) in [6.07, 6.45) is 1.64. The molecule has 1 aromatic rings. The van der Waals surface area contributed by atoms with Gasteiger partial charge in [-0.3, -0.25) is 4.98 Å². The number of rotatable bonds is 0. The molecule has 56 valence electrons. The maximum Gasteiger partial charge on any atom is 0.0589 e. The van der Waals surface area contributed by atoms with Crippen LogP contribution in [0.25, 0.3) is 0 Å². The van der Waals surface area contributed by atoms with Gasteiger partial charge in [-0.2, -0.15) is 0 Å². The van der Waals surface area contributed by atoms with Crippen LogP contribution in [0.5, 0.6) is 0 Å². The minimum Gasteiger partial charge on any atom is -0.333 e. The molecular weight excluding hydrogens is 148 g/mol. The van der Waals surface area contributed by atoms with Crippen molar-refractivity contribution in [2.45, 2.75) is 6.92 Å². The molecule has 0 saturated heterocycles. The summed E-state index contributed by atoms with van der Waals surface area (Å²) in [5.41, 5.74) is 5.49. The van der Waals surface area contributed by atoms with E-state index in [9.17, 15) is 0 Å². The minimum absolute atomic E-state index is 0.690. The van der Waals surface area contributed by atoms with Crippen molar-refractivity contribution < 1.29 is 0 Å². The van der Waals surface area contributed by atoms with Crippen LogP contribution in [0, 0.1) is 6.92 Å². The molecule has 0 radical (unpaired) electrons. The number of aryl methyl sites for hydroxylation is 1. The van der Waals surface area contributed by atoms with Gasteiger partial charge in [-0.25, -0.2) is 0 Å². The molecule has 10 heavy (non-hydrogen) atoms. The van der Waals surface area contributed by atoms with Crippen LogP contribution < -0.4 is 5.73 Å². The molecule has 0 fully saturated rings. The quantitative estimate of drug-likeness (QED) is 0.623. The molecule has 2 nitrogen and oxygen atoms in total. The summed E-state index contributed by atoms with van der Waals surface area (Å²) >= 11 is 5.55. The summed E-state index contributed by atoms with van der Waals surface area (Å²) in [5.74, 6) is 0. The number of hydrogen-bond acceptors (Lipinski definition) is 2. The summed E-state index contributed by atoms with van der Waals surface area (Å²) in [4.78, 5) is 3.95. The molecule has 0 aliphatic heterocycles. The first kappa shape index (κ1) is 9.40. The number of halogens is 1. The Balaban J connectivity index is 0.000000371. The number of nitrogens with two attached hydrogens (primary N) is 1. The molecule has 2 N–H and O–H groups in total. The molecule has 0 atom stereocenters. The van der Waals surface area contributed by atoms with Crippen LogP contribution in [-0.2, 0) is 0 Å². The normalized spacial score (nSPS) is 8.00. The van der Waals surface area contributed by atoms with Crippen molar-refractivity contribution in [3.63, 3.8) is 0 Å². The van der Waals surface area contributed by atoms with E-state index in [-0.39, 0.29) is 0 Å². The van der Waals surface area contributed by atoms with E-state index in [4.69, 9.17) is 11.6 Å². The Morgan fingerprint density at radius 1 is 1.40 bits per heavy atom. The molecule has 1 rings (SSSR count). The van der Waals surface area contributed by atoms with Crippen molar-refractivity contribution in [3.8, 4) is 0 Å². The lowest BCUT2D eigenvalue weighted by atomic mass is 10.4. The Morgan fingerprint density at radius 2 is 2.00 bits per heavy atom. The Kier molecular flexibility index (Phi) is 4.89. The minimum atomic E-state index is 0.690. The Morgan fingerprint density at radius 3 is 2.30 bits per heavy atom. The lowest BCUT2D eigenvalue weighted by Crippen LogP contribution is -1.75. The number of aromatic nitrogens is 1. The number of pyridine rings is 1. The summed E-state index contributed by atoms with van der Waals surface area (Å²) in [7, 11) is 1.50. The van der Waals surface area contributed by atoms with Crippen molar-refractivity contribution in [2.24, 2.45) is 5.73 Å². The second-order valence-electron chi connectivity index (χ2n) is 1.62. The van der Waals surface area contributed by atoms with Crippen molar-refractivity contribution in [2.75, 3.05) is 7.05 Å². The van der Waals surface area contributed by atoms with Gasteiger partial charge in [-0.15, -0.1) is 0 Å². The molecule has 1 aromatic heterocycles. The molecule has 3 heteroatoms. The van der Waals surface area contributed by atoms with Crippen LogP contribution in [0.15, 0.2) is 18.3 Å². The van der Waals surface area contributed by atoms with Crippen LogP contribution in [0.3, 0.4) is 0 Å². The fraction of sp³-hybridized carbons (Fsp3) is 0.286. The second kappa shape index (κ2) is 5.21. The maximum absolute atomic E-state index is 5.55. The summed E-state index contributed by atoms with van der Waals surface area (Å²) in [5, 5.41) is 0.690. The predicted octanol–water partition coefficient (Wildman–Crippen LogP) is 1.62. The molecule has 0 saturated carbocycles. The highest BCUT2D eigenvalue weighted by Crippen LogP contribution is 2.04. The van der Waals surface area contributed by atoms with Crippen LogP contribution in [-0.4, -0.2) is 12.0 Å². The fourth-order valence-electron chi connectivity index (χ4n) is 0.450. The topological polar surface area (TPSA) is 38.9 Å². The lowest BCUT2D eigenvalue weighted by molar-refractivity contribution is 1.20. The van der Waals surface area contributed by atoms with Gasteiger partial charge in [-0.1, -0.05) is 11.6 Å². The Hall–Kier alpha value is -0.600. The van der Waals surface area contributed by atoms with E-state index < -0.39 is 0 Å². The van der Waals surface area contributed by atoms with Gasteiger partial charge < -0.3 is 5.73 Å². The van der Waals surface area contributed by atoms with E-state index in [2.05, 4.69) is 10.7 Å². The van der Waals surface area contributed by atoms with Crippen molar-refractivity contribution >= 4 is 11.6 Å². The summed E-state index contributed by atoms with van der Waals surface area (Å²) in [6.45, 7) is 1.93. The average Bonchev–Trinajstić information content (AvgIpc) is 2.00. The molecule has 0 aliphatic carbocycles. The number of nitrogens with zero attached hydrogens (tertiary/aromatic N) is 1. The molecule has 1 heterocycles. The lowest BCUT2D eigenvalue weighted by Gasteiger charge is -1.87. The Bertz CT molecular complexity index is 150. The Labute approximate surface area is 66.0 Å². The van der Waals surface area contributed by atoms with Crippen molar-refractivity contribution in [1.82, 2.24) is 4.98 Å².